The van der Waals surface area contributed by atoms with Gasteiger partial charge in [-0.3, -0.25) is 4.98 Å². The molecule has 0 aliphatic heterocycles. The van der Waals surface area contributed by atoms with E-state index in [4.69, 9.17) is 0 Å². The lowest BCUT2D eigenvalue weighted by atomic mass is 10.3. The van der Waals surface area contributed by atoms with Gasteiger partial charge in [-0.25, -0.2) is 4.68 Å². The van der Waals surface area contributed by atoms with Crippen LogP contribution in [0.3, 0.4) is 0 Å². The molecule has 0 aromatic carbocycles. The fraction of sp³-hybridized carbons (Fsp3) is 0.143. The van der Waals surface area contributed by atoms with Crippen LogP contribution in [-0.2, 0) is 7.05 Å². The van der Waals surface area contributed by atoms with E-state index in [9.17, 15) is 0 Å². The average Bonchev–Trinajstić information content (AvgIpc) is 2.53. The van der Waals surface area contributed by atoms with E-state index >= 15 is 0 Å². The Kier molecular flexibility index (Phi) is 1.55. The van der Waals surface area contributed by atoms with Crippen LogP contribution in [-0.4, -0.2) is 25.2 Å². The van der Waals surface area contributed by atoms with Crippen molar-refractivity contribution in [3.8, 4) is 11.4 Å². The third-order valence-corrected chi connectivity index (χ3v) is 1.54. The Morgan fingerprint density at radius 3 is 2.92 bits per heavy atom. The number of hydrogen-bond donors (Lipinski definition) is 0. The van der Waals surface area contributed by atoms with Crippen LogP contribution in [0.4, 0.5) is 0 Å². The predicted octanol–water partition coefficient (Wildman–Crippen LogP) is 0.272. The van der Waals surface area contributed by atoms with Gasteiger partial charge in [-0.2, -0.15) is 0 Å². The van der Waals surface area contributed by atoms with Crippen molar-refractivity contribution in [1.29, 1.82) is 0 Å². The van der Waals surface area contributed by atoms with Crippen molar-refractivity contribution in [2.45, 2.75) is 0 Å². The van der Waals surface area contributed by atoms with Crippen LogP contribution in [0.2, 0.25) is 0 Å². The molecule has 12 heavy (non-hydrogen) atoms. The minimum Gasteiger partial charge on any atom is -0.264 e. The van der Waals surface area contributed by atoms with E-state index in [1.807, 2.05) is 12.1 Å². The summed E-state index contributed by atoms with van der Waals surface area (Å²) in [6.07, 6.45) is 3.44. The van der Waals surface area contributed by atoms with E-state index in [1.54, 1.807) is 24.1 Å². The molecule has 0 saturated heterocycles. The van der Waals surface area contributed by atoms with E-state index in [0.717, 1.165) is 11.4 Å². The van der Waals surface area contributed by atoms with Crippen LogP contribution in [0.15, 0.2) is 24.5 Å². The van der Waals surface area contributed by atoms with Gasteiger partial charge >= 0.3 is 0 Å². The van der Waals surface area contributed by atoms with Gasteiger partial charge in [-0.05, 0) is 22.6 Å². The van der Waals surface area contributed by atoms with Crippen LogP contribution in [0.25, 0.3) is 11.4 Å². The van der Waals surface area contributed by atoms with E-state index in [1.165, 1.54) is 0 Å². The zero-order valence-corrected chi connectivity index (χ0v) is 6.55. The first kappa shape index (κ1) is 6.90. The van der Waals surface area contributed by atoms with E-state index < -0.39 is 0 Å². The first-order valence-electron chi connectivity index (χ1n) is 3.50. The van der Waals surface area contributed by atoms with Gasteiger partial charge in [0.05, 0.1) is 0 Å². The summed E-state index contributed by atoms with van der Waals surface area (Å²) in [5.41, 5.74) is 0.921. The van der Waals surface area contributed by atoms with Gasteiger partial charge in [0.25, 0.3) is 0 Å². The molecule has 0 saturated carbocycles. The molecule has 0 radical (unpaired) electrons. The number of tetrazole rings is 1. The Morgan fingerprint density at radius 2 is 2.33 bits per heavy atom. The molecule has 0 spiro atoms. The number of aryl methyl sites for hydroxylation is 1. The monoisotopic (exact) mass is 161 g/mol. The normalized spacial score (nSPS) is 10.1. The zero-order chi connectivity index (χ0) is 8.39. The van der Waals surface area contributed by atoms with Gasteiger partial charge in [-0.15, -0.1) is 5.10 Å². The largest absolute Gasteiger partial charge is 0.264 e. The fourth-order valence-corrected chi connectivity index (χ4v) is 0.969. The molecular formula is C7H7N5. The van der Waals surface area contributed by atoms with Crippen molar-refractivity contribution < 1.29 is 0 Å². The summed E-state index contributed by atoms with van der Waals surface area (Å²) in [6.45, 7) is 0. The summed E-state index contributed by atoms with van der Waals surface area (Å²) in [7, 11) is 1.79. The molecular weight excluding hydrogens is 154 g/mol. The molecule has 2 aromatic heterocycles. The molecule has 0 atom stereocenters. The highest BCUT2D eigenvalue weighted by Crippen LogP contribution is 2.11. The summed E-state index contributed by atoms with van der Waals surface area (Å²) in [6, 6.07) is 3.77. The summed E-state index contributed by atoms with van der Waals surface area (Å²) >= 11 is 0. The highest BCUT2D eigenvalue weighted by atomic mass is 15.5. The summed E-state index contributed by atoms with van der Waals surface area (Å²) in [4.78, 5) is 3.97. The van der Waals surface area contributed by atoms with Crippen molar-refractivity contribution in [3.05, 3.63) is 24.5 Å². The molecule has 0 unspecified atom stereocenters. The van der Waals surface area contributed by atoms with Gasteiger partial charge < -0.3 is 0 Å². The Labute approximate surface area is 69.1 Å². The summed E-state index contributed by atoms with van der Waals surface area (Å²) in [5.74, 6) is 0.725. The minimum absolute atomic E-state index is 0.725. The molecule has 0 fully saturated rings. The zero-order valence-electron chi connectivity index (χ0n) is 6.55. The first-order chi connectivity index (χ1) is 5.88. The molecule has 5 nitrogen and oxygen atoms in total. The maximum absolute atomic E-state index is 3.97. The molecule has 0 bridgehead atoms. The minimum atomic E-state index is 0.725. The lowest BCUT2D eigenvalue weighted by molar-refractivity contribution is 0.714. The average molecular weight is 161 g/mol. The summed E-state index contributed by atoms with van der Waals surface area (Å²) < 4.78 is 1.61. The van der Waals surface area contributed by atoms with Crippen LogP contribution in [0, 0.1) is 0 Å². The number of nitrogens with zero attached hydrogens (tertiary/aromatic N) is 5. The third-order valence-electron chi connectivity index (χ3n) is 1.54. The Morgan fingerprint density at radius 1 is 1.42 bits per heavy atom. The maximum atomic E-state index is 3.97. The first-order valence-corrected chi connectivity index (χ1v) is 3.50. The standard InChI is InChI=1S/C7H7N5/c1-12-7(9-10-11-12)6-3-2-4-8-5-6/h2-5H,1H3. The number of rotatable bonds is 1. The smallest absolute Gasteiger partial charge is 0.183 e. The molecule has 0 amide bonds. The quantitative estimate of drug-likeness (QED) is 0.602. The van der Waals surface area contributed by atoms with Crippen molar-refractivity contribution >= 4 is 0 Å². The molecule has 2 heterocycles. The van der Waals surface area contributed by atoms with Crippen molar-refractivity contribution in [1.82, 2.24) is 25.2 Å². The Balaban J connectivity index is 2.51. The van der Waals surface area contributed by atoms with Crippen LogP contribution in [0.1, 0.15) is 0 Å². The fourth-order valence-electron chi connectivity index (χ4n) is 0.969. The van der Waals surface area contributed by atoms with E-state index in [0.29, 0.717) is 0 Å². The maximum Gasteiger partial charge on any atom is 0.183 e. The molecule has 0 aliphatic rings. The SMILES string of the molecule is Cn1nnnc1-c1cccnc1. The number of hydrogen-bond acceptors (Lipinski definition) is 4. The third kappa shape index (κ3) is 1.05. The second-order valence-electron chi connectivity index (χ2n) is 2.37. The number of pyridine rings is 1. The molecule has 2 rings (SSSR count). The van der Waals surface area contributed by atoms with Gasteiger partial charge in [0.15, 0.2) is 5.82 Å². The topological polar surface area (TPSA) is 56.5 Å². The van der Waals surface area contributed by atoms with Crippen LogP contribution >= 0.6 is 0 Å². The van der Waals surface area contributed by atoms with Gasteiger partial charge in [0, 0.05) is 25.0 Å². The second kappa shape index (κ2) is 2.69. The molecule has 60 valence electrons. The van der Waals surface area contributed by atoms with Crippen molar-refractivity contribution in [3.63, 3.8) is 0 Å². The Bertz CT molecular complexity index is 366. The predicted molar refractivity (Wildman–Crippen MR) is 42.0 cm³/mol. The highest BCUT2D eigenvalue weighted by Gasteiger charge is 2.03. The van der Waals surface area contributed by atoms with Gasteiger partial charge in [-0.1, -0.05) is 0 Å². The lowest BCUT2D eigenvalue weighted by Crippen LogP contribution is -1.94. The summed E-state index contributed by atoms with van der Waals surface area (Å²) in [5, 5.41) is 11.1. The van der Waals surface area contributed by atoms with E-state index in [-0.39, 0.29) is 0 Å². The molecule has 0 aliphatic carbocycles. The molecule has 5 heteroatoms. The highest BCUT2D eigenvalue weighted by molar-refractivity contribution is 5.51. The second-order valence-corrected chi connectivity index (χ2v) is 2.37. The van der Waals surface area contributed by atoms with Crippen LogP contribution < -0.4 is 0 Å². The van der Waals surface area contributed by atoms with E-state index in [2.05, 4.69) is 20.5 Å². The van der Waals surface area contributed by atoms with Crippen molar-refractivity contribution in [2.75, 3.05) is 0 Å². The van der Waals surface area contributed by atoms with Crippen LogP contribution in [0.5, 0.6) is 0 Å². The van der Waals surface area contributed by atoms with Gasteiger partial charge in [0.1, 0.15) is 0 Å². The number of aromatic nitrogens is 5. The van der Waals surface area contributed by atoms with Gasteiger partial charge in [0.2, 0.25) is 0 Å². The molecule has 0 N–H and O–H groups in total. The van der Waals surface area contributed by atoms with Crippen molar-refractivity contribution in [2.24, 2.45) is 7.05 Å². The molecule has 2 aromatic rings. The Hall–Kier alpha value is -1.78. The lowest BCUT2D eigenvalue weighted by Gasteiger charge is -1.95.